The van der Waals surface area contributed by atoms with E-state index in [2.05, 4.69) is 5.10 Å². The van der Waals surface area contributed by atoms with Crippen LogP contribution in [-0.4, -0.2) is 22.4 Å². The maximum absolute atomic E-state index is 11.7. The van der Waals surface area contributed by atoms with E-state index in [1.165, 1.54) is 4.68 Å². The van der Waals surface area contributed by atoms with Crippen LogP contribution in [0.4, 0.5) is 5.82 Å². The molecule has 0 atom stereocenters. The van der Waals surface area contributed by atoms with Crippen LogP contribution in [0.3, 0.4) is 0 Å². The Kier molecular flexibility index (Phi) is 5.96. The van der Waals surface area contributed by atoms with E-state index >= 15 is 0 Å². The van der Waals surface area contributed by atoms with Crippen LogP contribution in [0.25, 0.3) is 5.69 Å². The fraction of sp³-hybridized carbons (Fsp3) is 0.267. The van der Waals surface area contributed by atoms with E-state index in [4.69, 9.17) is 15.7 Å². The van der Waals surface area contributed by atoms with Crippen LogP contribution >= 0.6 is 0 Å². The Morgan fingerprint density at radius 1 is 1.38 bits per heavy atom. The maximum atomic E-state index is 11.7. The average Bonchev–Trinajstić information content (AvgIpc) is 2.87. The van der Waals surface area contributed by atoms with Gasteiger partial charge in [0.05, 0.1) is 12.3 Å². The number of aromatic nitrogens is 2. The van der Waals surface area contributed by atoms with Gasteiger partial charge in [-0.2, -0.15) is 10.4 Å². The summed E-state index contributed by atoms with van der Waals surface area (Å²) in [5.74, 6) is -0.530. The molecule has 0 saturated carbocycles. The number of hydrogen-bond acceptors (Lipinski definition) is 5. The molecule has 0 radical (unpaired) electrons. The van der Waals surface area contributed by atoms with Gasteiger partial charge in [0.25, 0.3) is 0 Å². The van der Waals surface area contributed by atoms with E-state index in [0.717, 1.165) is 0 Å². The number of nitrogens with two attached hydrogens (primary N) is 1. The molecule has 110 valence electrons. The molecule has 0 unspecified atom stereocenters. The molecule has 6 heteroatoms. The van der Waals surface area contributed by atoms with Gasteiger partial charge in [0.1, 0.15) is 17.5 Å². The lowest BCUT2D eigenvalue weighted by atomic mass is 10.2. The second-order valence-corrected chi connectivity index (χ2v) is 3.69. The van der Waals surface area contributed by atoms with Gasteiger partial charge in [-0.05, 0) is 19.1 Å². The number of anilines is 1. The second kappa shape index (κ2) is 7.70. The molecule has 2 N–H and O–H groups in total. The van der Waals surface area contributed by atoms with Crippen molar-refractivity contribution in [3.05, 3.63) is 41.6 Å². The van der Waals surface area contributed by atoms with E-state index in [1.807, 2.05) is 38.1 Å². The highest BCUT2D eigenvalue weighted by Crippen LogP contribution is 2.20. The van der Waals surface area contributed by atoms with E-state index in [9.17, 15) is 4.79 Å². The van der Waals surface area contributed by atoms with Crippen LogP contribution < -0.4 is 5.73 Å². The minimum absolute atomic E-state index is 0.0299. The Bertz CT molecular complexity index is 642. The third-order valence-corrected chi connectivity index (χ3v) is 2.50. The van der Waals surface area contributed by atoms with Crippen LogP contribution in [0, 0.1) is 11.3 Å². The molecule has 2 rings (SSSR count). The molecule has 0 bridgehead atoms. The van der Waals surface area contributed by atoms with E-state index in [-0.39, 0.29) is 23.7 Å². The van der Waals surface area contributed by atoms with Gasteiger partial charge in [-0.3, -0.25) is 0 Å². The Balaban J connectivity index is 0.00000106. The molecule has 1 aromatic carbocycles. The van der Waals surface area contributed by atoms with E-state index in [0.29, 0.717) is 5.69 Å². The van der Waals surface area contributed by atoms with Gasteiger partial charge in [0, 0.05) is 0 Å². The molecule has 0 amide bonds. The molecule has 0 fully saturated rings. The van der Waals surface area contributed by atoms with Crippen molar-refractivity contribution in [3.63, 3.8) is 0 Å². The van der Waals surface area contributed by atoms with Crippen LogP contribution in [0.1, 0.15) is 36.8 Å². The first kappa shape index (κ1) is 16.2. The topological polar surface area (TPSA) is 93.9 Å². The molecule has 1 heterocycles. The number of nitriles is 1. The minimum Gasteiger partial charge on any atom is -0.461 e. The normalized spacial score (nSPS) is 9.24. The summed E-state index contributed by atoms with van der Waals surface area (Å²) in [6, 6.07) is 10.9. The van der Waals surface area contributed by atoms with Gasteiger partial charge >= 0.3 is 5.97 Å². The lowest BCUT2D eigenvalue weighted by molar-refractivity contribution is 0.0518. The Morgan fingerprint density at radius 3 is 2.52 bits per heavy atom. The molecular formula is C15H18N4O2. The van der Waals surface area contributed by atoms with Gasteiger partial charge in [-0.1, -0.05) is 32.0 Å². The number of hydrogen-bond donors (Lipinski definition) is 1. The summed E-state index contributed by atoms with van der Waals surface area (Å²) in [5.41, 5.74) is 6.49. The van der Waals surface area contributed by atoms with Crippen molar-refractivity contribution < 1.29 is 9.53 Å². The molecule has 0 spiro atoms. The van der Waals surface area contributed by atoms with Crippen molar-refractivity contribution in [3.8, 4) is 11.8 Å². The summed E-state index contributed by atoms with van der Waals surface area (Å²) in [7, 11) is 0. The highest BCUT2D eigenvalue weighted by molar-refractivity contribution is 5.92. The van der Waals surface area contributed by atoms with Gasteiger partial charge < -0.3 is 10.5 Å². The lowest BCUT2D eigenvalue weighted by Crippen LogP contribution is -2.08. The smallest absolute Gasteiger partial charge is 0.360 e. The minimum atomic E-state index is -0.652. The summed E-state index contributed by atoms with van der Waals surface area (Å²) in [4.78, 5) is 11.7. The lowest BCUT2D eigenvalue weighted by Gasteiger charge is -2.02. The first-order chi connectivity index (χ1) is 10.2. The molecule has 0 saturated heterocycles. The highest BCUT2D eigenvalue weighted by atomic mass is 16.5. The first-order valence-corrected chi connectivity index (χ1v) is 6.70. The van der Waals surface area contributed by atoms with E-state index < -0.39 is 5.97 Å². The summed E-state index contributed by atoms with van der Waals surface area (Å²) < 4.78 is 6.21. The van der Waals surface area contributed by atoms with Crippen molar-refractivity contribution in [1.29, 1.82) is 5.26 Å². The first-order valence-electron chi connectivity index (χ1n) is 6.70. The number of nitrogen functional groups attached to an aromatic ring is 1. The van der Waals surface area contributed by atoms with Crippen LogP contribution in [0.15, 0.2) is 30.3 Å². The monoisotopic (exact) mass is 286 g/mol. The fourth-order valence-electron chi connectivity index (χ4n) is 1.65. The molecule has 6 nitrogen and oxygen atoms in total. The molecule has 21 heavy (non-hydrogen) atoms. The van der Waals surface area contributed by atoms with Gasteiger partial charge in [-0.25, -0.2) is 9.48 Å². The van der Waals surface area contributed by atoms with Crippen LogP contribution in [-0.2, 0) is 4.74 Å². The highest BCUT2D eigenvalue weighted by Gasteiger charge is 2.23. The zero-order chi connectivity index (χ0) is 15.8. The third kappa shape index (κ3) is 3.39. The number of benzene rings is 1. The van der Waals surface area contributed by atoms with Crippen molar-refractivity contribution >= 4 is 11.8 Å². The number of rotatable bonds is 3. The Hall–Kier alpha value is -2.81. The summed E-state index contributed by atoms with van der Waals surface area (Å²) in [5, 5.41) is 13.1. The van der Waals surface area contributed by atoms with E-state index in [1.54, 1.807) is 19.1 Å². The molecule has 1 aromatic heterocycles. The number of carbonyl (C=O) groups excluding carboxylic acids is 1. The van der Waals surface area contributed by atoms with Crippen molar-refractivity contribution in [2.45, 2.75) is 20.8 Å². The summed E-state index contributed by atoms with van der Waals surface area (Å²) in [6.07, 6.45) is 0. The predicted molar refractivity (Wildman–Crippen MR) is 80.0 cm³/mol. The predicted octanol–water partition coefficient (Wildman–Crippen LogP) is 2.53. The summed E-state index contributed by atoms with van der Waals surface area (Å²) in [6.45, 7) is 5.89. The largest absolute Gasteiger partial charge is 0.461 e. The molecule has 0 aliphatic rings. The van der Waals surface area contributed by atoms with Crippen molar-refractivity contribution in [2.75, 3.05) is 12.3 Å². The van der Waals surface area contributed by atoms with Gasteiger partial charge in [0.2, 0.25) is 0 Å². The maximum Gasteiger partial charge on any atom is 0.360 e. The summed E-state index contributed by atoms with van der Waals surface area (Å²) >= 11 is 0. The van der Waals surface area contributed by atoms with Crippen LogP contribution in [0.2, 0.25) is 0 Å². The average molecular weight is 286 g/mol. The number of carbonyl (C=O) groups is 1. The SMILES string of the molecule is CC.CCOC(=O)c1nn(-c2ccccc2)c(N)c1C#N. The van der Waals surface area contributed by atoms with Crippen LogP contribution in [0.5, 0.6) is 0 Å². The van der Waals surface area contributed by atoms with Gasteiger partial charge in [-0.15, -0.1) is 0 Å². The Labute approximate surface area is 123 Å². The third-order valence-electron chi connectivity index (χ3n) is 2.50. The number of para-hydroxylation sites is 1. The van der Waals surface area contributed by atoms with Crippen molar-refractivity contribution in [1.82, 2.24) is 9.78 Å². The quantitative estimate of drug-likeness (QED) is 0.875. The number of esters is 1. The zero-order valence-electron chi connectivity index (χ0n) is 12.3. The standard InChI is InChI=1S/C13H12N4O2.C2H6/c1-2-19-13(18)11-10(8-14)12(15)17(16-11)9-6-4-3-5-7-9;1-2/h3-7H,2,15H2,1H3;1-2H3. The Morgan fingerprint density at radius 2 is 2.00 bits per heavy atom. The second-order valence-electron chi connectivity index (χ2n) is 3.69. The molecule has 0 aliphatic carbocycles. The molecule has 2 aromatic rings. The zero-order valence-corrected chi connectivity index (χ0v) is 12.3. The van der Waals surface area contributed by atoms with Gasteiger partial charge in [0.15, 0.2) is 5.69 Å². The molecule has 0 aliphatic heterocycles. The fourth-order valence-corrected chi connectivity index (χ4v) is 1.65. The number of ether oxygens (including phenoxy) is 1. The van der Waals surface area contributed by atoms with Crippen molar-refractivity contribution in [2.24, 2.45) is 0 Å². The molecular weight excluding hydrogens is 268 g/mol. The number of nitrogens with zero attached hydrogens (tertiary/aromatic N) is 3.